The van der Waals surface area contributed by atoms with E-state index in [1.807, 2.05) is 24.3 Å². The average Bonchev–Trinajstić information content (AvgIpc) is 2.63. The predicted octanol–water partition coefficient (Wildman–Crippen LogP) is 4.12. The Hall–Kier alpha value is -3.28. The van der Waals surface area contributed by atoms with Crippen molar-refractivity contribution in [1.29, 1.82) is 0 Å². The van der Waals surface area contributed by atoms with Crippen LogP contribution in [-0.2, 0) is 6.42 Å². The van der Waals surface area contributed by atoms with Crippen LogP contribution in [0.25, 0.3) is 0 Å². The first-order valence-electron chi connectivity index (χ1n) is 8.08. The fourth-order valence-corrected chi connectivity index (χ4v) is 2.33. The molecule has 25 heavy (non-hydrogen) atoms. The zero-order chi connectivity index (χ0) is 17.6. The zero-order valence-electron chi connectivity index (χ0n) is 14.2. The molecule has 126 valence electrons. The summed E-state index contributed by atoms with van der Waals surface area (Å²) in [7, 11) is 0. The third-order valence-electron chi connectivity index (χ3n) is 3.72. The Bertz CT molecular complexity index is 877. The number of aryl methyl sites for hydroxylation is 1. The maximum absolute atomic E-state index is 11.5. The summed E-state index contributed by atoms with van der Waals surface area (Å²) in [6.45, 7) is 3.66. The minimum absolute atomic E-state index is 0.0161. The van der Waals surface area contributed by atoms with Crippen LogP contribution in [-0.4, -0.2) is 21.0 Å². The number of aromatic nitrogens is 3. The van der Waals surface area contributed by atoms with Crippen LogP contribution in [0.15, 0.2) is 54.7 Å². The highest BCUT2D eigenvalue weighted by atomic mass is 16.1. The van der Waals surface area contributed by atoms with Gasteiger partial charge in [-0.1, -0.05) is 31.2 Å². The summed E-state index contributed by atoms with van der Waals surface area (Å²) >= 11 is 0. The number of Topliss-reactive ketones (excluding diaryl/α,β-unsaturated/α-hetero) is 1. The Morgan fingerprint density at radius 1 is 1.04 bits per heavy atom. The predicted molar refractivity (Wildman–Crippen MR) is 98.7 cm³/mol. The van der Waals surface area contributed by atoms with Crippen LogP contribution in [0.4, 0.5) is 23.1 Å². The molecule has 0 bridgehead atoms. The minimum Gasteiger partial charge on any atom is -0.339 e. The lowest BCUT2D eigenvalue weighted by Gasteiger charge is -2.08. The van der Waals surface area contributed by atoms with Gasteiger partial charge in [0.25, 0.3) is 0 Å². The number of rotatable bonds is 6. The fourth-order valence-electron chi connectivity index (χ4n) is 2.33. The van der Waals surface area contributed by atoms with E-state index in [1.165, 1.54) is 18.7 Å². The van der Waals surface area contributed by atoms with Gasteiger partial charge >= 0.3 is 0 Å². The average molecular weight is 333 g/mol. The first kappa shape index (κ1) is 16.6. The van der Waals surface area contributed by atoms with Crippen LogP contribution >= 0.6 is 0 Å². The van der Waals surface area contributed by atoms with E-state index in [1.54, 1.807) is 12.1 Å². The highest BCUT2D eigenvalue weighted by molar-refractivity contribution is 5.95. The highest BCUT2D eigenvalue weighted by Gasteiger charge is 2.04. The number of anilines is 4. The number of ketones is 1. The first-order valence-corrected chi connectivity index (χ1v) is 8.08. The lowest BCUT2D eigenvalue weighted by Crippen LogP contribution is -2.03. The van der Waals surface area contributed by atoms with Gasteiger partial charge in [0.1, 0.15) is 0 Å². The van der Waals surface area contributed by atoms with Gasteiger partial charge in [-0.05, 0) is 43.2 Å². The van der Waals surface area contributed by atoms with Crippen molar-refractivity contribution in [3.8, 4) is 0 Å². The molecule has 0 spiro atoms. The van der Waals surface area contributed by atoms with Crippen molar-refractivity contribution in [3.63, 3.8) is 0 Å². The monoisotopic (exact) mass is 333 g/mol. The third-order valence-corrected chi connectivity index (χ3v) is 3.72. The van der Waals surface area contributed by atoms with E-state index in [0.29, 0.717) is 17.3 Å². The van der Waals surface area contributed by atoms with Crippen LogP contribution in [0.1, 0.15) is 29.8 Å². The summed E-state index contributed by atoms with van der Waals surface area (Å²) in [5.74, 6) is 0.961. The maximum Gasteiger partial charge on any atom is 0.249 e. The second kappa shape index (κ2) is 7.53. The Morgan fingerprint density at radius 2 is 1.84 bits per heavy atom. The molecular weight excluding hydrogens is 314 g/mol. The molecule has 3 aromatic rings. The Labute approximate surface area is 146 Å². The molecule has 2 N–H and O–H groups in total. The molecule has 0 saturated carbocycles. The van der Waals surface area contributed by atoms with Crippen molar-refractivity contribution in [3.05, 3.63) is 65.9 Å². The molecule has 0 aliphatic heterocycles. The molecule has 0 fully saturated rings. The van der Waals surface area contributed by atoms with Crippen LogP contribution in [0, 0.1) is 0 Å². The van der Waals surface area contributed by atoms with Crippen LogP contribution in [0.5, 0.6) is 0 Å². The molecule has 6 nitrogen and oxygen atoms in total. The zero-order valence-corrected chi connectivity index (χ0v) is 14.2. The molecular formula is C19H19N5O. The summed E-state index contributed by atoms with van der Waals surface area (Å²) in [5.41, 5.74) is 3.58. The lowest BCUT2D eigenvalue weighted by molar-refractivity contribution is 0.101. The number of hydrogen-bond acceptors (Lipinski definition) is 6. The normalized spacial score (nSPS) is 10.3. The largest absolute Gasteiger partial charge is 0.339 e. The quantitative estimate of drug-likeness (QED) is 0.660. The van der Waals surface area contributed by atoms with Crippen molar-refractivity contribution in [1.82, 2.24) is 15.2 Å². The molecule has 3 rings (SSSR count). The number of carbonyl (C=O) groups is 1. The second-order valence-corrected chi connectivity index (χ2v) is 5.60. The molecule has 0 atom stereocenters. The van der Waals surface area contributed by atoms with Crippen molar-refractivity contribution in [2.45, 2.75) is 20.3 Å². The van der Waals surface area contributed by atoms with Crippen LogP contribution < -0.4 is 10.6 Å². The van der Waals surface area contributed by atoms with Crippen LogP contribution in [0.3, 0.4) is 0 Å². The maximum atomic E-state index is 11.5. The number of carbonyl (C=O) groups excluding carboxylic acids is 1. The molecule has 0 radical (unpaired) electrons. The van der Waals surface area contributed by atoms with Gasteiger partial charge in [0.2, 0.25) is 5.95 Å². The first-order chi connectivity index (χ1) is 12.1. The van der Waals surface area contributed by atoms with E-state index >= 15 is 0 Å². The molecule has 0 unspecified atom stereocenters. The topological polar surface area (TPSA) is 79.8 Å². The van der Waals surface area contributed by atoms with Crippen molar-refractivity contribution in [2.24, 2.45) is 0 Å². The molecule has 0 aliphatic rings. The summed E-state index contributed by atoms with van der Waals surface area (Å²) in [6.07, 6.45) is 2.53. The minimum atomic E-state index is 0.0161. The number of nitrogens with one attached hydrogen (secondary N) is 2. The summed E-state index contributed by atoms with van der Waals surface area (Å²) in [4.78, 5) is 15.9. The lowest BCUT2D eigenvalue weighted by atomic mass is 10.1. The fraction of sp³-hybridized carbons (Fsp3) is 0.158. The van der Waals surface area contributed by atoms with E-state index in [0.717, 1.165) is 17.8 Å². The van der Waals surface area contributed by atoms with Crippen molar-refractivity contribution in [2.75, 3.05) is 10.6 Å². The summed E-state index contributed by atoms with van der Waals surface area (Å²) in [6, 6.07) is 15.3. The van der Waals surface area contributed by atoms with Crippen molar-refractivity contribution < 1.29 is 4.79 Å². The van der Waals surface area contributed by atoms with E-state index < -0.39 is 0 Å². The molecule has 2 aromatic carbocycles. The molecule has 6 heteroatoms. The molecule has 0 aliphatic carbocycles. The molecule has 0 saturated heterocycles. The standard InChI is InChI=1S/C19H19N5O/c1-3-14-7-9-16(10-8-14)22-19-23-18(12-20-24-19)21-17-6-4-5-15(11-17)13(2)25/h4-12H,3H2,1-2H3,(H2,21,22,23,24). The van der Waals surface area contributed by atoms with E-state index in [4.69, 9.17) is 0 Å². The number of benzene rings is 2. The van der Waals surface area contributed by atoms with Gasteiger partial charge in [-0.15, -0.1) is 5.10 Å². The van der Waals surface area contributed by atoms with Gasteiger partial charge in [-0.25, -0.2) is 0 Å². The Kier molecular flexibility index (Phi) is 4.99. The third kappa shape index (κ3) is 4.38. The Balaban J connectivity index is 1.74. The van der Waals surface area contributed by atoms with Gasteiger partial charge in [-0.3, -0.25) is 4.79 Å². The number of hydrogen-bond donors (Lipinski definition) is 2. The smallest absolute Gasteiger partial charge is 0.249 e. The van der Waals surface area contributed by atoms with E-state index in [-0.39, 0.29) is 5.78 Å². The highest BCUT2D eigenvalue weighted by Crippen LogP contribution is 2.18. The van der Waals surface area contributed by atoms with Crippen molar-refractivity contribution >= 4 is 28.9 Å². The van der Waals surface area contributed by atoms with Gasteiger partial charge in [0.05, 0.1) is 6.20 Å². The number of nitrogens with zero attached hydrogens (tertiary/aromatic N) is 3. The van der Waals surface area contributed by atoms with Gasteiger partial charge in [0.15, 0.2) is 11.6 Å². The van der Waals surface area contributed by atoms with Gasteiger partial charge in [-0.2, -0.15) is 10.1 Å². The van der Waals surface area contributed by atoms with Gasteiger partial charge in [0, 0.05) is 16.9 Å². The second-order valence-electron chi connectivity index (χ2n) is 5.60. The van der Waals surface area contributed by atoms with Gasteiger partial charge < -0.3 is 10.6 Å². The van der Waals surface area contributed by atoms with Crippen LogP contribution in [0.2, 0.25) is 0 Å². The van der Waals surface area contributed by atoms with E-state index in [9.17, 15) is 4.79 Å². The molecule has 1 aromatic heterocycles. The summed E-state index contributed by atoms with van der Waals surface area (Å²) < 4.78 is 0. The summed E-state index contributed by atoms with van der Waals surface area (Å²) in [5, 5.41) is 14.2. The Morgan fingerprint density at radius 3 is 2.56 bits per heavy atom. The van der Waals surface area contributed by atoms with E-state index in [2.05, 4.69) is 44.9 Å². The molecule has 1 heterocycles. The SMILES string of the molecule is CCc1ccc(Nc2nncc(Nc3cccc(C(C)=O)c3)n2)cc1. The molecule has 0 amide bonds.